The highest BCUT2D eigenvalue weighted by Crippen LogP contribution is 2.64. The summed E-state index contributed by atoms with van der Waals surface area (Å²) in [5.74, 6) is 1.22. The molecule has 2 saturated heterocycles. The molecule has 26 heavy (non-hydrogen) atoms. The summed E-state index contributed by atoms with van der Waals surface area (Å²) >= 11 is 6.09. The number of ether oxygens (including phenoxy) is 2. The second kappa shape index (κ2) is 4.70. The Morgan fingerprint density at radius 3 is 3.15 bits per heavy atom. The van der Waals surface area contributed by atoms with Crippen LogP contribution in [0.2, 0.25) is 5.02 Å². The van der Waals surface area contributed by atoms with Gasteiger partial charge in [0.2, 0.25) is 0 Å². The van der Waals surface area contributed by atoms with Crippen molar-refractivity contribution in [3.8, 4) is 0 Å². The smallest absolute Gasteiger partial charge is 0.337 e. The molecule has 3 fully saturated rings. The van der Waals surface area contributed by atoms with E-state index in [1.54, 1.807) is 0 Å². The van der Waals surface area contributed by atoms with Crippen molar-refractivity contribution in [2.45, 2.75) is 49.9 Å². The summed E-state index contributed by atoms with van der Waals surface area (Å²) in [7, 11) is 0. The molecule has 1 aromatic carbocycles. The van der Waals surface area contributed by atoms with Crippen molar-refractivity contribution in [2.24, 2.45) is 11.8 Å². The zero-order chi connectivity index (χ0) is 17.7. The van der Waals surface area contributed by atoms with E-state index in [0.29, 0.717) is 17.4 Å². The van der Waals surface area contributed by atoms with E-state index in [0.717, 1.165) is 41.7 Å². The first-order valence-corrected chi connectivity index (χ1v) is 9.66. The quantitative estimate of drug-likeness (QED) is 0.821. The molecule has 0 radical (unpaired) electrons. The lowest BCUT2D eigenvalue weighted by atomic mass is 9.81. The SMILES string of the molecule is C[C@@H]1C=C2C(=O)O[C@@H]3CCC4CC1(Cc1nc5ccc(Cl)cc5[nH]1)O[C@]243. The second-order valence-electron chi connectivity index (χ2n) is 8.22. The number of aromatic nitrogens is 2. The Hall–Kier alpha value is -1.85. The molecule has 4 heterocycles. The van der Waals surface area contributed by atoms with Crippen LogP contribution in [0.25, 0.3) is 11.0 Å². The lowest BCUT2D eigenvalue weighted by molar-refractivity contribution is -0.149. The van der Waals surface area contributed by atoms with Gasteiger partial charge in [0.25, 0.3) is 0 Å². The van der Waals surface area contributed by atoms with Gasteiger partial charge in [0.05, 0.1) is 22.2 Å². The molecule has 1 aliphatic carbocycles. The van der Waals surface area contributed by atoms with Gasteiger partial charge in [-0.05, 0) is 43.4 Å². The molecule has 5 atom stereocenters. The molecular weight excluding hydrogens is 352 g/mol. The van der Waals surface area contributed by atoms with E-state index in [2.05, 4.69) is 18.0 Å². The maximum atomic E-state index is 12.3. The third-order valence-electron chi connectivity index (χ3n) is 6.92. The molecular formula is C20H19ClN2O3. The number of halogens is 1. The molecule has 4 aliphatic rings. The number of hydrogen-bond donors (Lipinski definition) is 1. The van der Waals surface area contributed by atoms with Crippen molar-refractivity contribution in [2.75, 3.05) is 0 Å². The molecule has 2 aromatic rings. The number of aromatic amines is 1. The summed E-state index contributed by atoms with van der Waals surface area (Å²) in [4.78, 5) is 20.5. The van der Waals surface area contributed by atoms with Crippen molar-refractivity contribution in [3.05, 3.63) is 40.7 Å². The Labute approximate surface area is 155 Å². The fourth-order valence-corrected chi connectivity index (χ4v) is 5.91. The van der Waals surface area contributed by atoms with Gasteiger partial charge in [0.15, 0.2) is 0 Å². The molecule has 6 rings (SSSR count). The minimum atomic E-state index is -0.515. The van der Waals surface area contributed by atoms with Gasteiger partial charge in [-0.2, -0.15) is 0 Å². The Bertz CT molecular complexity index is 998. The van der Waals surface area contributed by atoms with Crippen LogP contribution in [0.3, 0.4) is 0 Å². The van der Waals surface area contributed by atoms with Crippen LogP contribution in [0, 0.1) is 11.8 Å². The van der Waals surface area contributed by atoms with Crippen molar-refractivity contribution < 1.29 is 14.3 Å². The van der Waals surface area contributed by atoms with Crippen LogP contribution in [0.1, 0.15) is 32.0 Å². The highest BCUT2D eigenvalue weighted by molar-refractivity contribution is 6.31. The summed E-state index contributed by atoms with van der Waals surface area (Å²) < 4.78 is 12.4. The molecule has 1 saturated carbocycles. The average molecular weight is 371 g/mol. The predicted octanol–water partition coefficient (Wildman–Crippen LogP) is 3.57. The summed E-state index contributed by atoms with van der Waals surface area (Å²) in [5.41, 5.74) is 1.77. The number of nitrogens with zero attached hydrogens (tertiary/aromatic N) is 1. The van der Waals surface area contributed by atoms with E-state index >= 15 is 0 Å². The third-order valence-corrected chi connectivity index (χ3v) is 7.16. The zero-order valence-electron chi connectivity index (χ0n) is 14.4. The van der Waals surface area contributed by atoms with E-state index in [9.17, 15) is 4.79 Å². The van der Waals surface area contributed by atoms with Gasteiger partial charge in [0, 0.05) is 17.4 Å². The van der Waals surface area contributed by atoms with Gasteiger partial charge in [0.1, 0.15) is 17.5 Å². The summed E-state index contributed by atoms with van der Waals surface area (Å²) in [6.07, 6.45) is 5.59. The second-order valence-corrected chi connectivity index (χ2v) is 8.66. The minimum Gasteiger partial charge on any atom is -0.455 e. The monoisotopic (exact) mass is 370 g/mol. The average Bonchev–Trinajstić information content (AvgIpc) is 3.26. The van der Waals surface area contributed by atoms with Crippen LogP contribution in [-0.2, 0) is 20.7 Å². The first kappa shape index (κ1) is 15.2. The molecule has 2 unspecified atom stereocenters. The molecule has 6 heteroatoms. The number of imidazole rings is 1. The summed E-state index contributed by atoms with van der Waals surface area (Å²) in [5, 5.41) is 0.694. The minimum absolute atomic E-state index is 0.116. The number of rotatable bonds is 2. The number of carbonyl (C=O) groups excluding carboxylic acids is 1. The maximum Gasteiger partial charge on any atom is 0.337 e. The van der Waals surface area contributed by atoms with Crippen LogP contribution >= 0.6 is 11.6 Å². The number of nitrogens with one attached hydrogen (secondary N) is 1. The third kappa shape index (κ3) is 1.71. The van der Waals surface area contributed by atoms with Gasteiger partial charge in [-0.3, -0.25) is 0 Å². The van der Waals surface area contributed by atoms with Crippen LogP contribution in [0.5, 0.6) is 0 Å². The topological polar surface area (TPSA) is 64.2 Å². The molecule has 134 valence electrons. The van der Waals surface area contributed by atoms with Crippen LogP contribution in [0.4, 0.5) is 0 Å². The standard InChI is InChI=1S/C20H19ClN2O3/c1-10-6-13-18(24)25-16-5-2-11-8-19(10,26-20(11,13)16)9-17-22-14-4-3-12(21)7-15(14)23-17/h3-4,6-7,10-11,16H,2,5,8-9H2,1H3,(H,22,23)/t10-,11?,16-,19?,20+/m1/s1. The fourth-order valence-electron chi connectivity index (χ4n) is 5.74. The number of esters is 1. The van der Waals surface area contributed by atoms with Crippen molar-refractivity contribution in [1.29, 1.82) is 0 Å². The number of carbonyl (C=O) groups is 1. The molecule has 3 aliphatic heterocycles. The maximum absolute atomic E-state index is 12.3. The Balaban J connectivity index is 1.43. The Morgan fingerprint density at radius 1 is 1.38 bits per heavy atom. The van der Waals surface area contributed by atoms with Crippen LogP contribution in [-0.4, -0.2) is 33.2 Å². The molecule has 1 spiro atoms. The van der Waals surface area contributed by atoms with E-state index in [1.807, 2.05) is 18.2 Å². The van der Waals surface area contributed by atoms with Gasteiger partial charge in [-0.25, -0.2) is 9.78 Å². The van der Waals surface area contributed by atoms with Crippen LogP contribution < -0.4 is 0 Å². The van der Waals surface area contributed by atoms with E-state index in [-0.39, 0.29) is 23.6 Å². The first-order chi connectivity index (χ1) is 12.5. The largest absolute Gasteiger partial charge is 0.455 e. The lowest BCUT2D eigenvalue weighted by Crippen LogP contribution is -2.49. The van der Waals surface area contributed by atoms with E-state index < -0.39 is 5.60 Å². The Kier molecular flexibility index (Phi) is 2.75. The number of fused-ring (bicyclic) bond motifs is 2. The van der Waals surface area contributed by atoms with Gasteiger partial charge in [-0.15, -0.1) is 0 Å². The molecule has 5 nitrogen and oxygen atoms in total. The normalized spacial score (nSPS) is 40.0. The van der Waals surface area contributed by atoms with Crippen molar-refractivity contribution in [1.82, 2.24) is 9.97 Å². The molecule has 2 bridgehead atoms. The molecule has 1 N–H and O–H groups in total. The van der Waals surface area contributed by atoms with Crippen LogP contribution in [0.15, 0.2) is 29.8 Å². The fraction of sp³-hybridized carbons (Fsp3) is 0.500. The number of H-pyrrole nitrogens is 1. The van der Waals surface area contributed by atoms with Crippen molar-refractivity contribution >= 4 is 28.6 Å². The summed E-state index contributed by atoms with van der Waals surface area (Å²) in [6, 6.07) is 5.68. The highest BCUT2D eigenvalue weighted by Gasteiger charge is 2.72. The van der Waals surface area contributed by atoms with E-state index in [4.69, 9.17) is 26.1 Å². The predicted molar refractivity (Wildman–Crippen MR) is 95.8 cm³/mol. The highest BCUT2D eigenvalue weighted by atomic mass is 35.5. The zero-order valence-corrected chi connectivity index (χ0v) is 15.2. The number of hydrogen-bond acceptors (Lipinski definition) is 4. The molecule has 1 aromatic heterocycles. The van der Waals surface area contributed by atoms with Gasteiger partial charge in [-0.1, -0.05) is 24.6 Å². The Morgan fingerprint density at radius 2 is 2.27 bits per heavy atom. The molecule has 0 amide bonds. The summed E-state index contributed by atoms with van der Waals surface area (Å²) in [6.45, 7) is 2.14. The van der Waals surface area contributed by atoms with Gasteiger partial charge < -0.3 is 14.5 Å². The lowest BCUT2D eigenvalue weighted by Gasteiger charge is -2.40. The first-order valence-electron chi connectivity index (χ1n) is 9.28. The van der Waals surface area contributed by atoms with Crippen molar-refractivity contribution in [3.63, 3.8) is 0 Å². The number of benzene rings is 1. The van der Waals surface area contributed by atoms with Gasteiger partial charge >= 0.3 is 5.97 Å². The van der Waals surface area contributed by atoms with E-state index in [1.165, 1.54) is 0 Å².